The van der Waals surface area contributed by atoms with Gasteiger partial charge < -0.3 is 15.2 Å². The fraction of sp³-hybridized carbons (Fsp3) is 0.467. The molecular formula is C15H19N5O2. The van der Waals surface area contributed by atoms with Gasteiger partial charge >= 0.3 is 6.03 Å². The molecular weight excluding hydrogens is 282 g/mol. The number of urea groups is 1. The van der Waals surface area contributed by atoms with Gasteiger partial charge in [0, 0.05) is 31.4 Å². The van der Waals surface area contributed by atoms with Crippen molar-refractivity contribution in [3.05, 3.63) is 30.4 Å². The van der Waals surface area contributed by atoms with E-state index in [0.29, 0.717) is 30.7 Å². The number of hydrogen-bond acceptors (Lipinski definition) is 5. The Bertz CT molecular complexity index is 607. The molecule has 7 heteroatoms. The van der Waals surface area contributed by atoms with E-state index in [2.05, 4.69) is 25.8 Å². The van der Waals surface area contributed by atoms with E-state index in [1.165, 1.54) is 12.8 Å². The summed E-state index contributed by atoms with van der Waals surface area (Å²) in [5, 5.41) is 9.70. The van der Waals surface area contributed by atoms with Crippen LogP contribution in [0.1, 0.15) is 31.5 Å². The van der Waals surface area contributed by atoms with Crippen molar-refractivity contribution in [1.29, 1.82) is 0 Å². The lowest BCUT2D eigenvalue weighted by Crippen LogP contribution is -2.41. The molecule has 116 valence electrons. The van der Waals surface area contributed by atoms with Crippen molar-refractivity contribution in [3.63, 3.8) is 0 Å². The van der Waals surface area contributed by atoms with Crippen molar-refractivity contribution in [2.24, 2.45) is 0 Å². The first-order chi connectivity index (χ1) is 10.8. The summed E-state index contributed by atoms with van der Waals surface area (Å²) in [5.74, 6) is 1.01. The molecule has 1 fully saturated rings. The number of pyridine rings is 1. The number of carbonyl (C=O) groups excluding carboxylic acids is 1. The Labute approximate surface area is 128 Å². The zero-order valence-electron chi connectivity index (χ0n) is 12.3. The van der Waals surface area contributed by atoms with Crippen LogP contribution in [0.25, 0.3) is 11.5 Å². The van der Waals surface area contributed by atoms with Gasteiger partial charge in [0.05, 0.1) is 5.56 Å². The zero-order valence-corrected chi connectivity index (χ0v) is 12.3. The normalized spacial score (nSPS) is 14.9. The highest BCUT2D eigenvalue weighted by molar-refractivity contribution is 5.74. The van der Waals surface area contributed by atoms with Gasteiger partial charge in [-0.15, -0.1) is 0 Å². The number of nitrogens with zero attached hydrogens (tertiary/aromatic N) is 3. The highest BCUT2D eigenvalue weighted by Gasteiger charge is 2.16. The minimum Gasteiger partial charge on any atom is -0.338 e. The van der Waals surface area contributed by atoms with Crippen molar-refractivity contribution < 1.29 is 9.32 Å². The third-order valence-electron chi connectivity index (χ3n) is 3.70. The Balaban J connectivity index is 1.44. The molecule has 0 saturated heterocycles. The second kappa shape index (κ2) is 7.02. The lowest BCUT2D eigenvalue weighted by Gasteiger charge is -2.12. The summed E-state index contributed by atoms with van der Waals surface area (Å²) in [6.45, 7) is 0.477. The fourth-order valence-corrected chi connectivity index (χ4v) is 2.56. The van der Waals surface area contributed by atoms with Gasteiger partial charge in [0.25, 0.3) is 5.89 Å². The Morgan fingerprint density at radius 1 is 1.36 bits per heavy atom. The maximum absolute atomic E-state index is 11.7. The lowest BCUT2D eigenvalue weighted by molar-refractivity contribution is 0.237. The molecule has 0 aromatic carbocycles. The van der Waals surface area contributed by atoms with E-state index in [-0.39, 0.29) is 6.03 Å². The van der Waals surface area contributed by atoms with Crippen molar-refractivity contribution in [3.8, 4) is 11.5 Å². The molecule has 1 saturated carbocycles. The molecule has 0 spiro atoms. The molecule has 2 aromatic rings. The first-order valence-corrected chi connectivity index (χ1v) is 7.58. The molecule has 2 heterocycles. The van der Waals surface area contributed by atoms with Crippen LogP contribution in [-0.4, -0.2) is 33.7 Å². The van der Waals surface area contributed by atoms with Crippen molar-refractivity contribution in [2.45, 2.75) is 38.1 Å². The number of amides is 2. The highest BCUT2D eigenvalue weighted by Crippen LogP contribution is 2.17. The predicted molar refractivity (Wildman–Crippen MR) is 80.0 cm³/mol. The van der Waals surface area contributed by atoms with Crippen molar-refractivity contribution in [1.82, 2.24) is 25.8 Å². The minimum absolute atomic E-state index is 0.122. The van der Waals surface area contributed by atoms with E-state index in [0.717, 1.165) is 18.4 Å². The highest BCUT2D eigenvalue weighted by atomic mass is 16.5. The Morgan fingerprint density at radius 3 is 3.00 bits per heavy atom. The summed E-state index contributed by atoms with van der Waals surface area (Å²) in [5.41, 5.74) is 0.785. The molecule has 0 atom stereocenters. The molecule has 0 bridgehead atoms. The Hall–Kier alpha value is -2.44. The van der Waals surface area contributed by atoms with Crippen LogP contribution in [0.4, 0.5) is 4.79 Å². The largest absolute Gasteiger partial charge is 0.338 e. The van der Waals surface area contributed by atoms with Crippen molar-refractivity contribution in [2.75, 3.05) is 6.54 Å². The molecule has 2 amide bonds. The second-order valence-electron chi connectivity index (χ2n) is 5.39. The van der Waals surface area contributed by atoms with E-state index in [1.807, 2.05) is 12.1 Å². The van der Waals surface area contributed by atoms with Gasteiger partial charge in [-0.3, -0.25) is 4.98 Å². The van der Waals surface area contributed by atoms with E-state index in [4.69, 9.17) is 4.52 Å². The summed E-state index contributed by atoms with van der Waals surface area (Å²) in [6, 6.07) is 3.87. The van der Waals surface area contributed by atoms with Crippen LogP contribution in [0.2, 0.25) is 0 Å². The Morgan fingerprint density at radius 2 is 2.23 bits per heavy atom. The number of hydrogen-bond donors (Lipinski definition) is 2. The maximum Gasteiger partial charge on any atom is 0.315 e. The fourth-order valence-electron chi connectivity index (χ4n) is 2.56. The van der Waals surface area contributed by atoms with Crippen LogP contribution in [0, 0.1) is 0 Å². The molecule has 2 aromatic heterocycles. The topological polar surface area (TPSA) is 92.9 Å². The predicted octanol–water partition coefficient (Wildman–Crippen LogP) is 1.92. The molecule has 0 aliphatic heterocycles. The number of aromatic nitrogens is 3. The minimum atomic E-state index is -0.122. The van der Waals surface area contributed by atoms with E-state index in [9.17, 15) is 4.79 Å². The van der Waals surface area contributed by atoms with Crippen LogP contribution in [0.3, 0.4) is 0 Å². The standard InChI is InChI=1S/C15H19N5O2/c21-15(18-12-5-1-2-6-12)17-9-7-13-19-14(22-20-13)11-4-3-8-16-10-11/h3-4,8,10,12H,1-2,5-7,9H2,(H2,17,18,21). The molecule has 0 unspecified atom stereocenters. The zero-order chi connectivity index (χ0) is 15.2. The third kappa shape index (κ3) is 3.81. The number of rotatable bonds is 5. The summed E-state index contributed by atoms with van der Waals surface area (Å²) in [6.07, 6.45) is 8.44. The molecule has 2 N–H and O–H groups in total. The number of nitrogens with one attached hydrogen (secondary N) is 2. The van der Waals surface area contributed by atoms with Gasteiger partial charge in [-0.05, 0) is 25.0 Å². The number of carbonyl (C=O) groups is 1. The molecule has 0 radical (unpaired) electrons. The van der Waals surface area contributed by atoms with E-state index in [1.54, 1.807) is 12.4 Å². The average Bonchev–Trinajstić information content (AvgIpc) is 3.20. The van der Waals surface area contributed by atoms with Gasteiger partial charge in [0.1, 0.15) is 0 Å². The molecule has 1 aliphatic carbocycles. The van der Waals surface area contributed by atoms with Gasteiger partial charge in [-0.25, -0.2) is 4.79 Å². The average molecular weight is 301 g/mol. The van der Waals surface area contributed by atoms with Crippen molar-refractivity contribution >= 4 is 6.03 Å². The molecule has 7 nitrogen and oxygen atoms in total. The van der Waals surface area contributed by atoms with Crippen LogP contribution in [0.5, 0.6) is 0 Å². The SMILES string of the molecule is O=C(NCCc1noc(-c2cccnc2)n1)NC1CCCC1. The summed E-state index contributed by atoms with van der Waals surface area (Å²) >= 11 is 0. The van der Waals surface area contributed by atoms with Gasteiger partial charge in [-0.1, -0.05) is 18.0 Å². The lowest BCUT2D eigenvalue weighted by atomic mass is 10.2. The molecule has 22 heavy (non-hydrogen) atoms. The van der Waals surface area contributed by atoms with Gasteiger partial charge in [0.2, 0.25) is 0 Å². The smallest absolute Gasteiger partial charge is 0.315 e. The van der Waals surface area contributed by atoms with Crippen LogP contribution >= 0.6 is 0 Å². The summed E-state index contributed by atoms with van der Waals surface area (Å²) in [7, 11) is 0. The summed E-state index contributed by atoms with van der Waals surface area (Å²) < 4.78 is 5.19. The van der Waals surface area contributed by atoms with Crippen LogP contribution in [0.15, 0.2) is 29.0 Å². The third-order valence-corrected chi connectivity index (χ3v) is 3.70. The molecule has 1 aliphatic rings. The second-order valence-corrected chi connectivity index (χ2v) is 5.39. The summed E-state index contributed by atoms with van der Waals surface area (Å²) in [4.78, 5) is 20.0. The van der Waals surface area contributed by atoms with E-state index < -0.39 is 0 Å². The van der Waals surface area contributed by atoms with Crippen LogP contribution in [-0.2, 0) is 6.42 Å². The first kappa shape index (κ1) is 14.5. The van der Waals surface area contributed by atoms with Crippen LogP contribution < -0.4 is 10.6 Å². The quantitative estimate of drug-likeness (QED) is 0.880. The van der Waals surface area contributed by atoms with Gasteiger partial charge in [-0.2, -0.15) is 4.98 Å². The van der Waals surface area contributed by atoms with Gasteiger partial charge in [0.15, 0.2) is 5.82 Å². The monoisotopic (exact) mass is 301 g/mol. The Kier molecular flexibility index (Phi) is 4.62. The first-order valence-electron chi connectivity index (χ1n) is 7.58. The van der Waals surface area contributed by atoms with E-state index >= 15 is 0 Å². The maximum atomic E-state index is 11.7. The molecule has 3 rings (SSSR count).